The van der Waals surface area contributed by atoms with Crippen molar-refractivity contribution in [2.45, 2.75) is 57.3 Å². The van der Waals surface area contributed by atoms with Crippen molar-refractivity contribution in [1.82, 2.24) is 24.9 Å². The Hall–Kier alpha value is -4.10. The van der Waals surface area contributed by atoms with E-state index in [9.17, 15) is 19.2 Å². The molecule has 2 fully saturated rings. The van der Waals surface area contributed by atoms with Gasteiger partial charge in [-0.1, -0.05) is 4.48 Å². The van der Waals surface area contributed by atoms with Crippen molar-refractivity contribution in [1.29, 1.82) is 0 Å². The number of nitrogens with one attached hydrogen (secondary N) is 1. The minimum absolute atomic E-state index is 0.00682. The molecule has 13 heteroatoms. The monoisotopic (exact) mass is 585 g/mol. The number of amides is 2. The molecule has 2 aromatic heterocycles. The minimum Gasteiger partial charge on any atom is -0.496 e. The van der Waals surface area contributed by atoms with Crippen LogP contribution >= 0.6 is 0 Å². The minimum atomic E-state index is -1.21. The highest BCUT2D eigenvalue weighted by Crippen LogP contribution is 2.37. The maximum atomic E-state index is 13.8. The van der Waals surface area contributed by atoms with Crippen LogP contribution in [0.2, 0.25) is 0 Å². The molecule has 1 saturated heterocycles. The highest BCUT2D eigenvalue weighted by Gasteiger charge is 2.40. The van der Waals surface area contributed by atoms with Gasteiger partial charge in [-0.2, -0.15) is 0 Å². The first-order valence-electron chi connectivity index (χ1n) is 13.8. The van der Waals surface area contributed by atoms with E-state index in [0.29, 0.717) is 35.6 Å². The molecule has 1 aromatic carbocycles. The van der Waals surface area contributed by atoms with Crippen molar-refractivity contribution in [2.24, 2.45) is 0 Å². The number of carbonyl (C=O) groups excluding carboxylic acids is 2. The van der Waals surface area contributed by atoms with E-state index >= 15 is 0 Å². The average molecular weight is 586 g/mol. The Bertz CT molecular complexity index is 1480. The van der Waals surface area contributed by atoms with E-state index in [1.54, 1.807) is 61.8 Å². The van der Waals surface area contributed by atoms with Crippen molar-refractivity contribution in [2.75, 3.05) is 33.9 Å². The zero-order valence-corrected chi connectivity index (χ0v) is 24.3. The first kappa shape index (κ1) is 29.4. The molecule has 5 rings (SSSR count). The molecule has 1 unspecified atom stereocenters. The predicted octanol–water partition coefficient (Wildman–Crippen LogP) is 3.76. The third kappa shape index (κ3) is 6.68. The van der Waals surface area contributed by atoms with E-state index < -0.39 is 23.2 Å². The quantitative estimate of drug-likeness (QED) is 0.285. The van der Waals surface area contributed by atoms with Crippen LogP contribution in [0.5, 0.6) is 17.2 Å². The number of fused-ring (bicyclic) bond motifs is 1. The van der Waals surface area contributed by atoms with E-state index in [2.05, 4.69) is 10.3 Å². The van der Waals surface area contributed by atoms with Gasteiger partial charge in [0.1, 0.15) is 40.5 Å². The Morgan fingerprint density at radius 2 is 1.98 bits per heavy atom. The maximum Gasteiger partial charge on any atom is 0.410 e. The summed E-state index contributed by atoms with van der Waals surface area (Å²) in [6.45, 7) is 5.84. The van der Waals surface area contributed by atoms with Crippen LogP contribution in [0.15, 0.2) is 36.7 Å². The summed E-state index contributed by atoms with van der Waals surface area (Å²) in [5.41, 5.74) is 0.0255. The van der Waals surface area contributed by atoms with Crippen LogP contribution < -0.4 is 19.6 Å². The van der Waals surface area contributed by atoms with Gasteiger partial charge in [-0.3, -0.25) is 9.20 Å². The fourth-order valence-corrected chi connectivity index (χ4v) is 4.75. The summed E-state index contributed by atoms with van der Waals surface area (Å²) in [6.07, 6.45) is 5.05. The zero-order chi connectivity index (χ0) is 30.2. The molecule has 0 radical (unpaired) electrons. The van der Waals surface area contributed by atoms with Crippen LogP contribution in [-0.4, -0.2) is 87.8 Å². The van der Waals surface area contributed by atoms with Crippen molar-refractivity contribution < 1.29 is 38.2 Å². The largest absolute Gasteiger partial charge is 0.496 e. The van der Waals surface area contributed by atoms with Gasteiger partial charge in [-0.05, 0) is 58.2 Å². The Morgan fingerprint density at radius 3 is 2.64 bits per heavy atom. The lowest BCUT2D eigenvalue weighted by atomic mass is 10.1. The molecule has 1 atom stereocenters. The summed E-state index contributed by atoms with van der Waals surface area (Å²) in [5.74, 6) is 0.294. The fourth-order valence-electron chi connectivity index (χ4n) is 4.75. The molecule has 1 aliphatic carbocycles. The maximum absolute atomic E-state index is 13.8. The van der Waals surface area contributed by atoms with Gasteiger partial charge in [0.05, 0.1) is 32.6 Å². The predicted molar refractivity (Wildman–Crippen MR) is 150 cm³/mol. The van der Waals surface area contributed by atoms with Crippen LogP contribution in [0.25, 0.3) is 16.9 Å². The number of halogens is 1. The van der Waals surface area contributed by atoms with Gasteiger partial charge in [0.2, 0.25) is 0 Å². The average Bonchev–Trinajstić information content (AvgIpc) is 3.47. The number of hydrogen-bond acceptors (Lipinski definition) is 9. The third-order valence-electron chi connectivity index (χ3n) is 6.92. The molecule has 2 N–H and O–H groups in total. The van der Waals surface area contributed by atoms with Crippen LogP contribution in [0.3, 0.4) is 0 Å². The molecule has 0 bridgehead atoms. The van der Waals surface area contributed by atoms with E-state index in [-0.39, 0.29) is 41.5 Å². The van der Waals surface area contributed by atoms with Crippen LogP contribution in [-0.2, 0) is 4.74 Å². The molecule has 0 spiro atoms. The third-order valence-corrected chi connectivity index (χ3v) is 6.92. The van der Waals surface area contributed by atoms with Gasteiger partial charge in [0.15, 0.2) is 5.75 Å². The standard InChI is InChI=1S/C29H36FN5O7/c1-28(2,3)41-27(37)34-11-9-29(38,16-34)17-40-20-8-10-35-21(15-31-24(35)14-20)18-12-22(39-5)25(23(13-18)42-33(4)30)26(36)32-19-6-7-19/h8,10,12-15,19,38H,6-7,9,11,16-17H2,1-5H3,(H,32,36). The highest BCUT2D eigenvalue weighted by molar-refractivity contribution is 6.01. The normalized spacial score (nSPS) is 18.8. The lowest BCUT2D eigenvalue weighted by molar-refractivity contribution is -0.186. The van der Waals surface area contributed by atoms with E-state index in [1.165, 1.54) is 12.0 Å². The number of ether oxygens (including phenoxy) is 3. The number of aromatic nitrogens is 2. The number of rotatable bonds is 9. The Morgan fingerprint density at radius 1 is 1.24 bits per heavy atom. The first-order valence-corrected chi connectivity index (χ1v) is 13.8. The summed E-state index contributed by atoms with van der Waals surface area (Å²) in [7, 11) is 2.51. The number of β-amino-alcohol motifs (C(OH)–C–C–N with tert-alkyl or cyclic N) is 1. The second kappa shape index (κ2) is 11.3. The second-order valence-electron chi connectivity index (χ2n) is 11.7. The van der Waals surface area contributed by atoms with Gasteiger partial charge < -0.3 is 34.4 Å². The lowest BCUT2D eigenvalue weighted by Gasteiger charge is -2.26. The summed E-state index contributed by atoms with van der Waals surface area (Å²) in [4.78, 5) is 36.5. The summed E-state index contributed by atoms with van der Waals surface area (Å²) < 4.78 is 32.4. The molecule has 226 valence electrons. The van der Waals surface area contributed by atoms with Gasteiger partial charge in [-0.25, -0.2) is 9.78 Å². The number of hydroxylamine groups is 1. The number of imidazole rings is 1. The lowest BCUT2D eigenvalue weighted by Crippen LogP contribution is -2.42. The van der Waals surface area contributed by atoms with Gasteiger partial charge in [0.25, 0.3) is 5.91 Å². The van der Waals surface area contributed by atoms with E-state index in [0.717, 1.165) is 19.9 Å². The highest BCUT2D eigenvalue weighted by atomic mass is 19.2. The van der Waals surface area contributed by atoms with Gasteiger partial charge in [0, 0.05) is 35.7 Å². The van der Waals surface area contributed by atoms with Gasteiger partial charge in [-0.15, -0.1) is 0 Å². The fraction of sp³-hybridized carbons (Fsp3) is 0.483. The van der Waals surface area contributed by atoms with Crippen molar-refractivity contribution in [3.05, 3.63) is 42.2 Å². The molecule has 2 aliphatic rings. The number of methoxy groups -OCH3 is 1. The Labute approximate surface area is 242 Å². The number of carbonyl (C=O) groups is 2. The Kier molecular flexibility index (Phi) is 7.90. The number of benzene rings is 1. The zero-order valence-electron chi connectivity index (χ0n) is 24.3. The topological polar surface area (TPSA) is 127 Å². The van der Waals surface area contributed by atoms with Crippen molar-refractivity contribution in [3.8, 4) is 28.5 Å². The smallest absolute Gasteiger partial charge is 0.410 e. The van der Waals surface area contributed by atoms with Crippen LogP contribution in [0, 0.1) is 0 Å². The Balaban J connectivity index is 1.34. The summed E-state index contributed by atoms with van der Waals surface area (Å²) in [5, 5.41) is 13.9. The van der Waals surface area contributed by atoms with Gasteiger partial charge >= 0.3 is 6.09 Å². The molecule has 12 nitrogen and oxygen atoms in total. The molecular formula is C29H36FN5O7. The molecule has 2 amide bonds. The molecule has 3 aromatic rings. The number of hydrogen-bond donors (Lipinski definition) is 2. The molecule has 1 saturated carbocycles. The molecule has 3 heterocycles. The van der Waals surface area contributed by atoms with Crippen molar-refractivity contribution in [3.63, 3.8) is 0 Å². The molecule has 42 heavy (non-hydrogen) atoms. The summed E-state index contributed by atoms with van der Waals surface area (Å²) in [6, 6.07) is 6.76. The molecule has 1 aliphatic heterocycles. The van der Waals surface area contributed by atoms with Crippen LogP contribution in [0.1, 0.15) is 50.4 Å². The second-order valence-corrected chi connectivity index (χ2v) is 11.7. The first-order chi connectivity index (χ1) is 19.8. The van der Waals surface area contributed by atoms with E-state index in [4.69, 9.17) is 19.0 Å². The van der Waals surface area contributed by atoms with Crippen molar-refractivity contribution >= 4 is 17.6 Å². The SMILES string of the molecule is COc1cc(-c2cnc3cc(OCC4(O)CCN(C(=O)OC(C)(C)C)C4)ccn23)cc(ON(C)F)c1C(=O)NC1CC1. The number of nitrogens with zero attached hydrogens (tertiary/aromatic N) is 4. The number of aliphatic hydroxyl groups is 1. The number of pyridine rings is 1. The van der Waals surface area contributed by atoms with E-state index in [1.807, 2.05) is 0 Å². The van der Waals surface area contributed by atoms with Crippen LogP contribution in [0.4, 0.5) is 9.28 Å². The number of likely N-dealkylation sites (tertiary alicyclic amines) is 1. The molecular weight excluding hydrogens is 549 g/mol. The summed E-state index contributed by atoms with van der Waals surface area (Å²) >= 11 is 0.